The van der Waals surface area contributed by atoms with Crippen LogP contribution in [0.4, 0.5) is 4.79 Å². The van der Waals surface area contributed by atoms with Gasteiger partial charge in [0.15, 0.2) is 0 Å². The minimum atomic E-state index is -1.03. The summed E-state index contributed by atoms with van der Waals surface area (Å²) >= 11 is 0. The number of nitrogens with zero attached hydrogens (tertiary/aromatic N) is 1. The van der Waals surface area contributed by atoms with Crippen molar-refractivity contribution in [1.82, 2.24) is 15.5 Å². The summed E-state index contributed by atoms with van der Waals surface area (Å²) in [5.41, 5.74) is 0. The summed E-state index contributed by atoms with van der Waals surface area (Å²) in [5.74, 6) is -1.03. The molecule has 92 valence electrons. The Labute approximate surface area is 95.0 Å². The molecule has 1 fully saturated rings. The summed E-state index contributed by atoms with van der Waals surface area (Å²) in [6, 6.07) is -0.914. The maximum absolute atomic E-state index is 11.3. The molecule has 0 saturated carbocycles. The molecule has 2 unspecified atom stereocenters. The van der Waals surface area contributed by atoms with Gasteiger partial charge >= 0.3 is 12.0 Å². The first-order valence-electron chi connectivity index (χ1n) is 5.48. The van der Waals surface area contributed by atoms with Crippen molar-refractivity contribution in [3.63, 3.8) is 0 Å². The zero-order valence-electron chi connectivity index (χ0n) is 9.69. The van der Waals surface area contributed by atoms with Crippen molar-refractivity contribution in [2.24, 2.45) is 0 Å². The lowest BCUT2D eigenvalue weighted by Gasteiger charge is -2.20. The molecule has 0 spiro atoms. The molecule has 0 bridgehead atoms. The first kappa shape index (κ1) is 12.8. The van der Waals surface area contributed by atoms with E-state index in [-0.39, 0.29) is 0 Å². The largest absolute Gasteiger partial charge is 0.480 e. The van der Waals surface area contributed by atoms with Gasteiger partial charge < -0.3 is 20.6 Å². The van der Waals surface area contributed by atoms with E-state index in [1.165, 1.54) is 6.92 Å². The highest BCUT2D eigenvalue weighted by molar-refractivity contribution is 5.82. The molecule has 1 aliphatic rings. The third kappa shape index (κ3) is 3.69. The van der Waals surface area contributed by atoms with Crippen LogP contribution in [0.2, 0.25) is 0 Å². The van der Waals surface area contributed by atoms with Gasteiger partial charge in [0.2, 0.25) is 0 Å². The fraction of sp³-hybridized carbons (Fsp3) is 0.800. The molecule has 0 aromatic carbocycles. The summed E-state index contributed by atoms with van der Waals surface area (Å²) in [7, 11) is 2.02. The summed E-state index contributed by atoms with van der Waals surface area (Å²) in [4.78, 5) is 24.0. The minimum absolute atomic E-state index is 0.367. The first-order chi connectivity index (χ1) is 7.50. The van der Waals surface area contributed by atoms with Gasteiger partial charge in [0.25, 0.3) is 0 Å². The Morgan fingerprint density at radius 1 is 1.56 bits per heavy atom. The molecule has 16 heavy (non-hydrogen) atoms. The van der Waals surface area contributed by atoms with Gasteiger partial charge in [-0.25, -0.2) is 4.79 Å². The molecule has 1 aliphatic heterocycles. The smallest absolute Gasteiger partial charge is 0.325 e. The number of amides is 2. The predicted octanol–water partition coefficient (Wildman–Crippen LogP) is -0.147. The minimum Gasteiger partial charge on any atom is -0.480 e. The summed E-state index contributed by atoms with van der Waals surface area (Å²) in [6.07, 6.45) is 2.22. The lowest BCUT2D eigenvalue weighted by Crippen LogP contribution is -2.47. The molecule has 0 aromatic rings. The highest BCUT2D eigenvalue weighted by atomic mass is 16.4. The van der Waals surface area contributed by atoms with E-state index < -0.39 is 18.0 Å². The van der Waals surface area contributed by atoms with E-state index in [1.807, 2.05) is 7.05 Å². The van der Waals surface area contributed by atoms with Crippen molar-refractivity contribution < 1.29 is 14.7 Å². The molecule has 0 aromatic heterocycles. The van der Waals surface area contributed by atoms with E-state index in [0.717, 1.165) is 19.4 Å². The Balaban J connectivity index is 2.22. The molecule has 1 heterocycles. The fourth-order valence-electron chi connectivity index (χ4n) is 1.76. The van der Waals surface area contributed by atoms with Crippen LogP contribution in [0.5, 0.6) is 0 Å². The number of carboxylic acid groups (broad SMARTS) is 1. The maximum atomic E-state index is 11.3. The number of urea groups is 1. The Morgan fingerprint density at radius 3 is 2.75 bits per heavy atom. The molecule has 2 atom stereocenters. The number of likely N-dealkylation sites (tertiary alicyclic amines) is 1. The number of aliphatic carboxylic acids is 1. The second kappa shape index (κ2) is 5.69. The van der Waals surface area contributed by atoms with Crippen LogP contribution in [-0.4, -0.2) is 54.2 Å². The van der Waals surface area contributed by atoms with E-state index in [4.69, 9.17) is 5.11 Å². The zero-order valence-corrected chi connectivity index (χ0v) is 9.69. The molecule has 6 nitrogen and oxygen atoms in total. The van der Waals surface area contributed by atoms with Crippen LogP contribution in [0.25, 0.3) is 0 Å². The van der Waals surface area contributed by atoms with Gasteiger partial charge in [0, 0.05) is 12.6 Å². The molecule has 1 saturated heterocycles. The lowest BCUT2D eigenvalue weighted by molar-refractivity contribution is -0.138. The standard InChI is InChI=1S/C10H19N3O3/c1-7(9(14)15)12-10(16)11-6-8-4-3-5-13(8)2/h7-8H,3-6H2,1-2H3,(H,14,15)(H2,11,12,16). The van der Waals surface area contributed by atoms with Crippen molar-refractivity contribution in [3.05, 3.63) is 0 Å². The Kier molecular flexibility index (Phi) is 4.54. The monoisotopic (exact) mass is 229 g/mol. The van der Waals surface area contributed by atoms with Crippen molar-refractivity contribution >= 4 is 12.0 Å². The average molecular weight is 229 g/mol. The number of likely N-dealkylation sites (N-methyl/N-ethyl adjacent to an activating group) is 1. The lowest BCUT2D eigenvalue weighted by atomic mass is 10.2. The van der Waals surface area contributed by atoms with Gasteiger partial charge in [0.1, 0.15) is 6.04 Å². The molecule has 0 radical (unpaired) electrons. The number of hydrogen-bond acceptors (Lipinski definition) is 3. The van der Waals surface area contributed by atoms with Crippen LogP contribution < -0.4 is 10.6 Å². The van der Waals surface area contributed by atoms with Gasteiger partial charge in [-0.3, -0.25) is 4.79 Å². The molecule has 2 amide bonds. The maximum Gasteiger partial charge on any atom is 0.325 e. The Hall–Kier alpha value is -1.30. The highest BCUT2D eigenvalue weighted by Gasteiger charge is 2.21. The van der Waals surface area contributed by atoms with E-state index in [1.54, 1.807) is 0 Å². The van der Waals surface area contributed by atoms with Gasteiger partial charge in [0.05, 0.1) is 0 Å². The predicted molar refractivity (Wildman–Crippen MR) is 59.3 cm³/mol. The SMILES string of the molecule is CC(NC(=O)NCC1CCCN1C)C(=O)O. The summed E-state index contributed by atoms with van der Waals surface area (Å²) < 4.78 is 0. The Morgan fingerprint density at radius 2 is 2.25 bits per heavy atom. The van der Waals surface area contributed by atoms with Gasteiger partial charge in [-0.05, 0) is 33.4 Å². The topological polar surface area (TPSA) is 81.7 Å². The number of carbonyl (C=O) groups is 2. The molecule has 0 aliphatic carbocycles. The van der Waals surface area contributed by atoms with Crippen molar-refractivity contribution in [2.45, 2.75) is 31.8 Å². The third-order valence-corrected chi connectivity index (χ3v) is 2.89. The number of nitrogens with one attached hydrogen (secondary N) is 2. The van der Waals surface area contributed by atoms with Gasteiger partial charge in [-0.2, -0.15) is 0 Å². The van der Waals surface area contributed by atoms with Crippen molar-refractivity contribution in [1.29, 1.82) is 0 Å². The van der Waals surface area contributed by atoms with Crippen LogP contribution in [0, 0.1) is 0 Å². The second-order valence-corrected chi connectivity index (χ2v) is 4.19. The fourth-order valence-corrected chi connectivity index (χ4v) is 1.76. The average Bonchev–Trinajstić information content (AvgIpc) is 2.61. The quantitative estimate of drug-likeness (QED) is 0.626. The summed E-state index contributed by atoms with van der Waals surface area (Å²) in [5, 5.41) is 13.6. The third-order valence-electron chi connectivity index (χ3n) is 2.89. The van der Waals surface area contributed by atoms with Crippen molar-refractivity contribution in [3.8, 4) is 0 Å². The van der Waals surface area contributed by atoms with E-state index in [2.05, 4.69) is 15.5 Å². The van der Waals surface area contributed by atoms with Gasteiger partial charge in [-0.1, -0.05) is 0 Å². The molecule has 1 rings (SSSR count). The molecule has 3 N–H and O–H groups in total. The number of rotatable bonds is 4. The van der Waals surface area contributed by atoms with Crippen LogP contribution in [0.15, 0.2) is 0 Å². The molecule has 6 heteroatoms. The highest BCUT2D eigenvalue weighted by Crippen LogP contribution is 2.13. The summed E-state index contributed by atoms with van der Waals surface area (Å²) in [6.45, 7) is 3.05. The van der Waals surface area contributed by atoms with E-state index >= 15 is 0 Å². The number of carboxylic acids is 1. The normalized spacial score (nSPS) is 22.8. The van der Waals surface area contributed by atoms with Crippen molar-refractivity contribution in [2.75, 3.05) is 20.1 Å². The van der Waals surface area contributed by atoms with Crippen LogP contribution in [0.3, 0.4) is 0 Å². The van der Waals surface area contributed by atoms with E-state index in [9.17, 15) is 9.59 Å². The second-order valence-electron chi connectivity index (χ2n) is 4.19. The first-order valence-corrected chi connectivity index (χ1v) is 5.48. The number of hydrogen-bond donors (Lipinski definition) is 3. The molecular weight excluding hydrogens is 210 g/mol. The van der Waals surface area contributed by atoms with E-state index in [0.29, 0.717) is 12.6 Å². The van der Waals surface area contributed by atoms with Crippen LogP contribution in [0.1, 0.15) is 19.8 Å². The zero-order chi connectivity index (χ0) is 12.1. The molecular formula is C10H19N3O3. The van der Waals surface area contributed by atoms with Crippen LogP contribution >= 0.6 is 0 Å². The van der Waals surface area contributed by atoms with Crippen LogP contribution in [-0.2, 0) is 4.79 Å². The Bertz CT molecular complexity index is 270. The number of carbonyl (C=O) groups excluding carboxylic acids is 1. The van der Waals surface area contributed by atoms with Gasteiger partial charge in [-0.15, -0.1) is 0 Å².